The molecule has 0 spiro atoms. The van der Waals surface area contributed by atoms with Gasteiger partial charge in [-0.15, -0.1) is 0 Å². The highest BCUT2D eigenvalue weighted by Crippen LogP contribution is 2.11. The van der Waals surface area contributed by atoms with Crippen LogP contribution in [0.2, 0.25) is 0 Å². The number of rotatable bonds is 7. The van der Waals surface area contributed by atoms with E-state index in [1.54, 1.807) is 21.9 Å². The maximum absolute atomic E-state index is 12.5. The van der Waals surface area contributed by atoms with Gasteiger partial charge in [0.2, 0.25) is 15.9 Å². The summed E-state index contributed by atoms with van der Waals surface area (Å²) >= 11 is 0. The zero-order valence-electron chi connectivity index (χ0n) is 15.6. The second-order valence-corrected chi connectivity index (χ2v) is 8.91. The molecular formula is C17H27N3O5S. The van der Waals surface area contributed by atoms with Crippen molar-refractivity contribution in [2.45, 2.75) is 20.3 Å². The van der Waals surface area contributed by atoms with Crippen LogP contribution in [0.3, 0.4) is 0 Å². The van der Waals surface area contributed by atoms with Crippen LogP contribution >= 0.6 is 0 Å². The summed E-state index contributed by atoms with van der Waals surface area (Å²) < 4.78 is 30.2. The number of sulfonamides is 1. The molecule has 1 aromatic heterocycles. The number of hydrogen-bond donors (Lipinski definition) is 0. The van der Waals surface area contributed by atoms with Crippen LogP contribution < -0.4 is 0 Å². The topological polar surface area (TPSA) is 91.1 Å². The molecule has 0 atom stereocenters. The van der Waals surface area contributed by atoms with E-state index in [1.807, 2.05) is 13.8 Å². The Morgan fingerprint density at radius 3 is 2.31 bits per heavy atom. The molecule has 146 valence electrons. The first kappa shape index (κ1) is 20.4. The van der Waals surface area contributed by atoms with Crippen LogP contribution in [0.5, 0.6) is 0 Å². The van der Waals surface area contributed by atoms with Crippen molar-refractivity contribution >= 4 is 21.8 Å². The van der Waals surface area contributed by atoms with Gasteiger partial charge in [-0.1, -0.05) is 13.8 Å². The molecule has 0 saturated carbocycles. The van der Waals surface area contributed by atoms with Crippen molar-refractivity contribution in [1.82, 2.24) is 14.1 Å². The second kappa shape index (κ2) is 8.68. The van der Waals surface area contributed by atoms with Crippen molar-refractivity contribution < 1.29 is 22.4 Å². The van der Waals surface area contributed by atoms with E-state index < -0.39 is 10.0 Å². The Bertz CT molecular complexity index is 707. The molecule has 26 heavy (non-hydrogen) atoms. The Labute approximate surface area is 154 Å². The van der Waals surface area contributed by atoms with Crippen molar-refractivity contribution in [3.05, 3.63) is 24.2 Å². The zero-order valence-corrected chi connectivity index (χ0v) is 16.4. The van der Waals surface area contributed by atoms with Gasteiger partial charge in [-0.2, -0.15) is 4.31 Å². The number of nitrogens with zero attached hydrogens (tertiary/aromatic N) is 3. The number of furan rings is 1. The average molecular weight is 385 g/mol. The summed E-state index contributed by atoms with van der Waals surface area (Å²) in [5, 5.41) is 0. The Morgan fingerprint density at radius 2 is 1.81 bits per heavy atom. The molecular weight excluding hydrogens is 358 g/mol. The van der Waals surface area contributed by atoms with Crippen LogP contribution in [-0.2, 0) is 14.8 Å². The van der Waals surface area contributed by atoms with Gasteiger partial charge in [0.05, 0.1) is 19.1 Å². The molecule has 1 aromatic rings. The smallest absolute Gasteiger partial charge is 0.289 e. The maximum atomic E-state index is 12.5. The van der Waals surface area contributed by atoms with Gasteiger partial charge in [-0.25, -0.2) is 8.42 Å². The molecule has 0 aliphatic carbocycles. The van der Waals surface area contributed by atoms with E-state index in [1.165, 1.54) is 10.6 Å². The van der Waals surface area contributed by atoms with Crippen LogP contribution in [0.25, 0.3) is 0 Å². The van der Waals surface area contributed by atoms with Crippen molar-refractivity contribution in [2.24, 2.45) is 5.92 Å². The molecule has 1 fully saturated rings. The van der Waals surface area contributed by atoms with Crippen LogP contribution in [0.4, 0.5) is 0 Å². The molecule has 2 amide bonds. The molecule has 1 saturated heterocycles. The Kier molecular flexibility index (Phi) is 6.82. The lowest BCUT2D eigenvalue weighted by molar-refractivity contribution is -0.132. The van der Waals surface area contributed by atoms with Gasteiger partial charge in [0.15, 0.2) is 5.76 Å². The lowest BCUT2D eigenvalue weighted by Crippen LogP contribution is -2.53. The fourth-order valence-corrected chi connectivity index (χ4v) is 3.51. The summed E-state index contributed by atoms with van der Waals surface area (Å²) in [7, 11) is -3.44. The number of carbonyl (C=O) groups excluding carboxylic acids is 2. The highest BCUT2D eigenvalue weighted by atomic mass is 32.2. The third-order valence-electron chi connectivity index (χ3n) is 4.39. The van der Waals surface area contributed by atoms with E-state index in [0.717, 1.165) is 6.26 Å². The minimum Gasteiger partial charge on any atom is -0.459 e. The van der Waals surface area contributed by atoms with Crippen LogP contribution in [0.1, 0.15) is 30.8 Å². The minimum atomic E-state index is -3.44. The number of piperazine rings is 1. The number of carbonyl (C=O) groups is 2. The Morgan fingerprint density at radius 1 is 1.19 bits per heavy atom. The van der Waals surface area contributed by atoms with Gasteiger partial charge < -0.3 is 14.2 Å². The monoisotopic (exact) mass is 385 g/mol. The summed E-state index contributed by atoms with van der Waals surface area (Å²) in [6.07, 6.45) is 3.27. The van der Waals surface area contributed by atoms with Gasteiger partial charge in [0.25, 0.3) is 5.91 Å². The van der Waals surface area contributed by atoms with Gasteiger partial charge in [-0.05, 0) is 24.5 Å². The van der Waals surface area contributed by atoms with E-state index in [2.05, 4.69) is 0 Å². The van der Waals surface area contributed by atoms with Crippen molar-refractivity contribution in [3.63, 3.8) is 0 Å². The summed E-state index contributed by atoms with van der Waals surface area (Å²) in [5.74, 6) is 0.202. The van der Waals surface area contributed by atoms with Gasteiger partial charge in [0.1, 0.15) is 0 Å². The molecule has 0 radical (unpaired) electrons. The summed E-state index contributed by atoms with van der Waals surface area (Å²) in [5.41, 5.74) is 0. The maximum Gasteiger partial charge on any atom is 0.289 e. The molecule has 0 N–H and O–H groups in total. The standard InChI is InChI=1S/C17H27N3O5S/c1-14(2)6-7-20(26(3,23)24)13-16(21)18-8-10-19(11-9-18)17(22)15-5-4-12-25-15/h4-5,12,14H,6-11,13H2,1-3H3. The minimum absolute atomic E-state index is 0.155. The highest BCUT2D eigenvalue weighted by molar-refractivity contribution is 7.88. The molecule has 0 unspecified atom stereocenters. The van der Waals surface area contributed by atoms with Crippen molar-refractivity contribution in [3.8, 4) is 0 Å². The van der Waals surface area contributed by atoms with Crippen LogP contribution in [0, 0.1) is 5.92 Å². The predicted octanol–water partition coefficient (Wildman–Crippen LogP) is 0.872. The lowest BCUT2D eigenvalue weighted by atomic mass is 10.1. The van der Waals surface area contributed by atoms with E-state index in [0.29, 0.717) is 45.1 Å². The van der Waals surface area contributed by atoms with E-state index in [9.17, 15) is 18.0 Å². The van der Waals surface area contributed by atoms with Crippen LogP contribution in [0.15, 0.2) is 22.8 Å². The first-order valence-corrected chi connectivity index (χ1v) is 10.6. The predicted molar refractivity (Wildman–Crippen MR) is 97.1 cm³/mol. The van der Waals surface area contributed by atoms with E-state index in [4.69, 9.17) is 4.42 Å². The average Bonchev–Trinajstić information content (AvgIpc) is 3.11. The summed E-state index contributed by atoms with van der Waals surface area (Å²) in [6.45, 7) is 5.76. The van der Waals surface area contributed by atoms with Gasteiger partial charge >= 0.3 is 0 Å². The third kappa shape index (κ3) is 5.57. The Hall–Kier alpha value is -1.87. The lowest BCUT2D eigenvalue weighted by Gasteiger charge is -2.35. The molecule has 0 aromatic carbocycles. The van der Waals surface area contributed by atoms with Crippen LogP contribution in [-0.4, -0.2) is 79.9 Å². The first-order valence-electron chi connectivity index (χ1n) is 8.74. The molecule has 1 aliphatic rings. The highest BCUT2D eigenvalue weighted by Gasteiger charge is 2.28. The molecule has 0 bridgehead atoms. The van der Waals surface area contributed by atoms with Crippen molar-refractivity contribution in [2.75, 3.05) is 45.5 Å². The summed E-state index contributed by atoms with van der Waals surface area (Å²) in [6, 6.07) is 3.27. The molecule has 1 aliphatic heterocycles. The first-order chi connectivity index (χ1) is 12.2. The quantitative estimate of drug-likeness (QED) is 0.695. The van der Waals surface area contributed by atoms with Gasteiger partial charge in [-0.3, -0.25) is 9.59 Å². The molecule has 8 nitrogen and oxygen atoms in total. The number of hydrogen-bond acceptors (Lipinski definition) is 5. The fraction of sp³-hybridized carbons (Fsp3) is 0.647. The normalized spacial score (nSPS) is 15.7. The Balaban J connectivity index is 1.89. The van der Waals surface area contributed by atoms with E-state index >= 15 is 0 Å². The molecule has 2 heterocycles. The third-order valence-corrected chi connectivity index (χ3v) is 5.64. The SMILES string of the molecule is CC(C)CCN(CC(=O)N1CCN(C(=O)c2ccco2)CC1)S(C)(=O)=O. The molecule has 9 heteroatoms. The number of amides is 2. The molecule has 2 rings (SSSR count). The second-order valence-electron chi connectivity index (χ2n) is 6.93. The summed E-state index contributed by atoms with van der Waals surface area (Å²) in [4.78, 5) is 28.0. The fourth-order valence-electron chi connectivity index (χ4n) is 2.73. The zero-order chi connectivity index (χ0) is 19.3. The van der Waals surface area contributed by atoms with E-state index in [-0.39, 0.29) is 24.1 Å². The van der Waals surface area contributed by atoms with Crippen molar-refractivity contribution in [1.29, 1.82) is 0 Å². The van der Waals surface area contributed by atoms with Gasteiger partial charge in [0, 0.05) is 32.7 Å². The largest absolute Gasteiger partial charge is 0.459 e.